The molecule has 2 amide bonds. The molecule has 148 valence electrons. The summed E-state index contributed by atoms with van der Waals surface area (Å²) in [6.07, 6.45) is 5.13. The molecule has 0 saturated carbocycles. The molecular formula is C23H29N3O2. The Labute approximate surface area is 166 Å². The average molecular weight is 380 g/mol. The molecule has 1 heterocycles. The number of aryl methyl sites for hydroxylation is 1. The normalized spacial score (nSPS) is 15.9. The van der Waals surface area contributed by atoms with Gasteiger partial charge in [-0.3, -0.25) is 9.59 Å². The maximum absolute atomic E-state index is 12.1. The number of carbonyl (C=O) groups excluding carboxylic acids is 2. The molecule has 2 aromatic carbocycles. The van der Waals surface area contributed by atoms with Gasteiger partial charge in [0.15, 0.2) is 0 Å². The summed E-state index contributed by atoms with van der Waals surface area (Å²) in [6.45, 7) is 3.13. The molecule has 2 aromatic rings. The Hall–Kier alpha value is -2.82. The smallest absolute Gasteiger partial charge is 0.225 e. The molecule has 1 aliphatic heterocycles. The van der Waals surface area contributed by atoms with E-state index in [0.29, 0.717) is 13.1 Å². The first-order chi connectivity index (χ1) is 13.6. The third-order valence-corrected chi connectivity index (χ3v) is 5.05. The fourth-order valence-electron chi connectivity index (χ4n) is 3.38. The summed E-state index contributed by atoms with van der Waals surface area (Å²) in [5, 5.41) is 9.04. The molecular weight excluding hydrogens is 350 g/mol. The lowest BCUT2D eigenvalue weighted by atomic mass is 10.1. The molecule has 1 unspecified atom stereocenters. The van der Waals surface area contributed by atoms with E-state index >= 15 is 0 Å². The van der Waals surface area contributed by atoms with Crippen LogP contribution in [-0.2, 0) is 22.6 Å². The predicted molar refractivity (Wildman–Crippen MR) is 112 cm³/mol. The monoisotopic (exact) mass is 379 g/mol. The quantitative estimate of drug-likeness (QED) is 0.579. The number of hydrogen-bond acceptors (Lipinski definition) is 3. The Bertz CT molecular complexity index is 802. The minimum Gasteiger partial charge on any atom is -0.356 e. The van der Waals surface area contributed by atoms with Crippen molar-refractivity contribution in [2.24, 2.45) is 5.92 Å². The Morgan fingerprint density at radius 1 is 1.07 bits per heavy atom. The summed E-state index contributed by atoms with van der Waals surface area (Å²) in [5.41, 5.74) is 4.50. The molecule has 1 saturated heterocycles. The number of amides is 2. The summed E-state index contributed by atoms with van der Waals surface area (Å²) in [6, 6.07) is 16.6. The largest absolute Gasteiger partial charge is 0.356 e. The lowest BCUT2D eigenvalue weighted by Gasteiger charge is -2.11. The van der Waals surface area contributed by atoms with Crippen LogP contribution in [0.2, 0.25) is 0 Å². The molecule has 0 bridgehead atoms. The van der Waals surface area contributed by atoms with Crippen LogP contribution in [0.25, 0.3) is 0 Å². The molecule has 1 fully saturated rings. The molecule has 1 atom stereocenters. The molecule has 28 heavy (non-hydrogen) atoms. The van der Waals surface area contributed by atoms with Crippen molar-refractivity contribution in [2.45, 2.75) is 45.6 Å². The number of hydrogen-bond donors (Lipinski definition) is 3. The van der Waals surface area contributed by atoms with Crippen molar-refractivity contribution in [3.63, 3.8) is 0 Å². The zero-order chi connectivity index (χ0) is 19.8. The van der Waals surface area contributed by atoms with Crippen LogP contribution in [0.15, 0.2) is 48.5 Å². The van der Waals surface area contributed by atoms with E-state index in [4.69, 9.17) is 0 Å². The van der Waals surface area contributed by atoms with E-state index in [9.17, 15) is 9.59 Å². The first kappa shape index (κ1) is 19.9. The highest BCUT2D eigenvalue weighted by Crippen LogP contribution is 2.19. The predicted octanol–water partition coefficient (Wildman–Crippen LogP) is 3.92. The van der Waals surface area contributed by atoms with Gasteiger partial charge in [0.1, 0.15) is 0 Å². The van der Waals surface area contributed by atoms with Crippen LogP contribution < -0.4 is 16.0 Å². The van der Waals surface area contributed by atoms with Crippen LogP contribution in [0.3, 0.4) is 0 Å². The highest BCUT2D eigenvalue weighted by Gasteiger charge is 2.27. The van der Waals surface area contributed by atoms with E-state index in [1.54, 1.807) is 0 Å². The van der Waals surface area contributed by atoms with Crippen molar-refractivity contribution >= 4 is 23.2 Å². The topological polar surface area (TPSA) is 70.2 Å². The van der Waals surface area contributed by atoms with Crippen molar-refractivity contribution in [1.82, 2.24) is 10.6 Å². The molecule has 5 nitrogen and oxygen atoms in total. The van der Waals surface area contributed by atoms with Gasteiger partial charge in [-0.15, -0.1) is 0 Å². The fraction of sp³-hybridized carbons (Fsp3) is 0.391. The lowest BCUT2D eigenvalue weighted by Crippen LogP contribution is -2.31. The fourth-order valence-corrected chi connectivity index (χ4v) is 3.38. The molecule has 3 rings (SSSR count). The highest BCUT2D eigenvalue weighted by atomic mass is 16.2. The minimum atomic E-state index is -0.252. The molecule has 0 aromatic heterocycles. The maximum atomic E-state index is 12.1. The molecule has 5 heteroatoms. The van der Waals surface area contributed by atoms with E-state index in [1.165, 1.54) is 24.8 Å². The van der Waals surface area contributed by atoms with Crippen LogP contribution in [0.1, 0.15) is 43.7 Å². The maximum Gasteiger partial charge on any atom is 0.225 e. The SMILES string of the molecule is CCCCCc1cccc(Nc2ccc(CNC(=O)C3CNC(=O)C3)cc2)c1. The second-order valence-electron chi connectivity index (χ2n) is 7.40. The van der Waals surface area contributed by atoms with Crippen molar-refractivity contribution in [2.75, 3.05) is 11.9 Å². The molecule has 0 aliphatic carbocycles. The van der Waals surface area contributed by atoms with Gasteiger partial charge in [-0.05, 0) is 48.2 Å². The van der Waals surface area contributed by atoms with E-state index in [-0.39, 0.29) is 24.2 Å². The standard InChI is InChI=1S/C23H29N3O2/c1-2-3-4-6-17-7-5-8-21(13-17)26-20-11-9-18(10-12-20)15-25-23(28)19-14-22(27)24-16-19/h5,7-13,19,26H,2-4,6,14-16H2,1H3,(H,24,27)(H,25,28). The van der Waals surface area contributed by atoms with Crippen LogP contribution in [0.4, 0.5) is 11.4 Å². The van der Waals surface area contributed by atoms with Gasteiger partial charge in [0.05, 0.1) is 5.92 Å². The molecule has 1 aliphatic rings. The number of anilines is 2. The average Bonchev–Trinajstić information content (AvgIpc) is 3.14. The Balaban J connectivity index is 1.49. The number of rotatable bonds is 9. The molecule has 3 N–H and O–H groups in total. The van der Waals surface area contributed by atoms with E-state index in [1.807, 2.05) is 24.3 Å². The number of carbonyl (C=O) groups is 2. The van der Waals surface area contributed by atoms with Gasteiger partial charge >= 0.3 is 0 Å². The second kappa shape index (κ2) is 9.93. The van der Waals surface area contributed by atoms with Crippen LogP contribution >= 0.6 is 0 Å². The van der Waals surface area contributed by atoms with Crippen LogP contribution in [-0.4, -0.2) is 18.4 Å². The van der Waals surface area contributed by atoms with Crippen molar-refractivity contribution in [3.8, 4) is 0 Å². The van der Waals surface area contributed by atoms with Gasteiger partial charge < -0.3 is 16.0 Å². The van der Waals surface area contributed by atoms with Gasteiger partial charge in [-0.25, -0.2) is 0 Å². The van der Waals surface area contributed by atoms with Crippen molar-refractivity contribution < 1.29 is 9.59 Å². The Kier molecular flexibility index (Phi) is 7.06. The Morgan fingerprint density at radius 3 is 2.61 bits per heavy atom. The summed E-state index contributed by atoms with van der Waals surface area (Å²) in [7, 11) is 0. The number of nitrogens with one attached hydrogen (secondary N) is 3. The Morgan fingerprint density at radius 2 is 1.89 bits per heavy atom. The highest BCUT2D eigenvalue weighted by molar-refractivity contribution is 5.89. The molecule has 0 radical (unpaired) electrons. The zero-order valence-corrected chi connectivity index (χ0v) is 16.5. The number of benzene rings is 2. The third kappa shape index (κ3) is 5.84. The van der Waals surface area contributed by atoms with E-state index in [2.05, 4.69) is 47.1 Å². The first-order valence-electron chi connectivity index (χ1n) is 10.1. The lowest BCUT2D eigenvalue weighted by molar-refractivity contribution is -0.126. The summed E-state index contributed by atoms with van der Waals surface area (Å²) in [5.74, 6) is -0.372. The van der Waals surface area contributed by atoms with Crippen LogP contribution in [0.5, 0.6) is 0 Å². The zero-order valence-electron chi connectivity index (χ0n) is 16.5. The van der Waals surface area contributed by atoms with Crippen molar-refractivity contribution in [1.29, 1.82) is 0 Å². The molecule has 0 spiro atoms. The summed E-state index contributed by atoms with van der Waals surface area (Å²) < 4.78 is 0. The summed E-state index contributed by atoms with van der Waals surface area (Å²) >= 11 is 0. The van der Waals surface area contributed by atoms with Gasteiger partial charge in [-0.2, -0.15) is 0 Å². The van der Waals surface area contributed by atoms with Crippen LogP contribution in [0, 0.1) is 5.92 Å². The van der Waals surface area contributed by atoms with E-state index < -0.39 is 0 Å². The van der Waals surface area contributed by atoms with Gasteiger partial charge in [0.2, 0.25) is 11.8 Å². The number of unbranched alkanes of at least 4 members (excludes halogenated alkanes) is 2. The van der Waals surface area contributed by atoms with Gasteiger partial charge in [0.25, 0.3) is 0 Å². The minimum absolute atomic E-state index is 0.0509. The van der Waals surface area contributed by atoms with Gasteiger partial charge in [-0.1, -0.05) is 44.0 Å². The van der Waals surface area contributed by atoms with E-state index in [0.717, 1.165) is 23.4 Å². The van der Waals surface area contributed by atoms with Crippen molar-refractivity contribution in [3.05, 3.63) is 59.7 Å². The summed E-state index contributed by atoms with van der Waals surface area (Å²) in [4.78, 5) is 23.3. The third-order valence-electron chi connectivity index (χ3n) is 5.05. The van der Waals surface area contributed by atoms with Gasteiger partial charge in [0, 0.05) is 30.9 Å². The first-order valence-corrected chi connectivity index (χ1v) is 10.1. The second-order valence-corrected chi connectivity index (χ2v) is 7.40.